The second-order valence-corrected chi connectivity index (χ2v) is 8.25. The van der Waals surface area contributed by atoms with Gasteiger partial charge in [-0.2, -0.15) is 5.10 Å². The van der Waals surface area contributed by atoms with Crippen LogP contribution in [-0.4, -0.2) is 28.1 Å². The van der Waals surface area contributed by atoms with Gasteiger partial charge in [-0.05, 0) is 61.2 Å². The number of ether oxygens (including phenoxy) is 1. The molecule has 0 saturated heterocycles. The van der Waals surface area contributed by atoms with E-state index in [0.29, 0.717) is 30.1 Å². The number of carbonyl (C=O) groups is 2. The molecule has 0 fully saturated rings. The summed E-state index contributed by atoms with van der Waals surface area (Å²) in [6.07, 6.45) is 2.97. The molecule has 3 aromatic rings. The normalized spacial score (nSPS) is 17.1. The highest BCUT2D eigenvalue weighted by atomic mass is 16.5. The second kappa shape index (κ2) is 9.73. The maximum atomic E-state index is 12.5. The molecule has 0 radical (unpaired) electrons. The molecule has 2 amide bonds. The number of amides is 2. The van der Waals surface area contributed by atoms with Crippen LogP contribution < -0.4 is 15.8 Å². The van der Waals surface area contributed by atoms with Crippen molar-refractivity contribution in [1.29, 1.82) is 0 Å². The van der Waals surface area contributed by atoms with E-state index in [9.17, 15) is 9.59 Å². The molecule has 0 bridgehead atoms. The number of nitrogens with two attached hydrogens (primary N) is 1. The van der Waals surface area contributed by atoms with E-state index in [1.165, 1.54) is 6.08 Å². The molecule has 7 heteroatoms. The topological polar surface area (TPSA) is 99.2 Å². The SMILES string of the molecule is C=CC(=O)NCC1CC(CC)c2c(C(N)=O)c(-c3ccc(Oc4ccccc4)cc3)nn2C1. The van der Waals surface area contributed by atoms with Crippen LogP contribution in [-0.2, 0) is 11.3 Å². The van der Waals surface area contributed by atoms with Gasteiger partial charge in [0.15, 0.2) is 0 Å². The van der Waals surface area contributed by atoms with Crippen LogP contribution in [0.1, 0.15) is 41.7 Å². The van der Waals surface area contributed by atoms with E-state index in [1.54, 1.807) is 0 Å². The third kappa shape index (κ3) is 4.82. The van der Waals surface area contributed by atoms with Crippen molar-refractivity contribution < 1.29 is 14.3 Å². The Kier molecular flexibility index (Phi) is 6.58. The molecule has 2 aromatic carbocycles. The van der Waals surface area contributed by atoms with E-state index in [1.807, 2.05) is 59.3 Å². The molecule has 2 heterocycles. The van der Waals surface area contributed by atoms with Gasteiger partial charge in [-0.15, -0.1) is 0 Å². The van der Waals surface area contributed by atoms with E-state index < -0.39 is 5.91 Å². The van der Waals surface area contributed by atoms with Crippen LogP contribution in [0.15, 0.2) is 67.3 Å². The van der Waals surface area contributed by atoms with E-state index in [-0.39, 0.29) is 17.7 Å². The largest absolute Gasteiger partial charge is 0.457 e. The minimum atomic E-state index is -0.479. The number of fused-ring (bicyclic) bond motifs is 1. The first-order valence-corrected chi connectivity index (χ1v) is 11.1. The summed E-state index contributed by atoms with van der Waals surface area (Å²) >= 11 is 0. The number of primary amides is 1. The molecule has 7 nitrogen and oxygen atoms in total. The van der Waals surface area contributed by atoms with Crippen LogP contribution in [0.2, 0.25) is 0 Å². The number of aromatic nitrogens is 2. The minimum Gasteiger partial charge on any atom is -0.457 e. The van der Waals surface area contributed by atoms with Crippen LogP contribution in [0.25, 0.3) is 11.3 Å². The van der Waals surface area contributed by atoms with Crippen LogP contribution in [0.5, 0.6) is 11.5 Å². The van der Waals surface area contributed by atoms with Gasteiger partial charge in [0.25, 0.3) is 5.91 Å². The highest BCUT2D eigenvalue weighted by Crippen LogP contribution is 2.39. The van der Waals surface area contributed by atoms with Crippen molar-refractivity contribution in [3.8, 4) is 22.8 Å². The Morgan fingerprint density at radius 2 is 1.88 bits per heavy atom. The molecular formula is C26H28N4O3. The van der Waals surface area contributed by atoms with E-state index >= 15 is 0 Å². The van der Waals surface area contributed by atoms with E-state index in [0.717, 1.165) is 29.8 Å². The number of rotatable bonds is 8. The Hall–Kier alpha value is -3.87. The molecule has 3 N–H and O–H groups in total. The van der Waals surface area contributed by atoms with Gasteiger partial charge >= 0.3 is 0 Å². The lowest BCUT2D eigenvalue weighted by Gasteiger charge is -2.30. The van der Waals surface area contributed by atoms with Crippen LogP contribution >= 0.6 is 0 Å². The summed E-state index contributed by atoms with van der Waals surface area (Å²) in [5.74, 6) is 1.12. The first kappa shape index (κ1) is 22.3. The zero-order valence-electron chi connectivity index (χ0n) is 18.7. The second-order valence-electron chi connectivity index (χ2n) is 8.25. The zero-order valence-corrected chi connectivity index (χ0v) is 18.7. The lowest BCUT2D eigenvalue weighted by atomic mass is 9.84. The van der Waals surface area contributed by atoms with Gasteiger partial charge in [0.2, 0.25) is 5.91 Å². The summed E-state index contributed by atoms with van der Waals surface area (Å²) in [4.78, 5) is 24.1. The summed E-state index contributed by atoms with van der Waals surface area (Å²) in [6.45, 7) is 6.73. The lowest BCUT2D eigenvalue weighted by Crippen LogP contribution is -2.35. The maximum Gasteiger partial charge on any atom is 0.252 e. The number of carbonyl (C=O) groups excluding carboxylic acids is 2. The number of nitrogens with one attached hydrogen (secondary N) is 1. The van der Waals surface area contributed by atoms with Crippen molar-refractivity contribution in [1.82, 2.24) is 15.1 Å². The Bertz CT molecular complexity index is 1150. The van der Waals surface area contributed by atoms with Crippen molar-refractivity contribution in [2.45, 2.75) is 32.2 Å². The molecule has 2 unspecified atom stereocenters. The molecule has 1 aromatic heterocycles. The number of nitrogens with zero attached hydrogens (tertiary/aromatic N) is 2. The number of para-hydroxylation sites is 1. The molecule has 170 valence electrons. The smallest absolute Gasteiger partial charge is 0.252 e. The summed E-state index contributed by atoms with van der Waals surface area (Å²) in [7, 11) is 0. The average Bonchev–Trinajstić information content (AvgIpc) is 3.23. The van der Waals surface area contributed by atoms with Crippen LogP contribution in [0.3, 0.4) is 0 Å². The molecule has 0 aliphatic carbocycles. The van der Waals surface area contributed by atoms with Crippen molar-refractivity contribution in [2.24, 2.45) is 11.7 Å². The summed E-state index contributed by atoms with van der Waals surface area (Å²) in [5, 5.41) is 7.67. The van der Waals surface area contributed by atoms with Gasteiger partial charge in [-0.1, -0.05) is 31.7 Å². The molecule has 0 saturated carbocycles. The fourth-order valence-electron chi connectivity index (χ4n) is 4.44. The highest BCUT2D eigenvalue weighted by Gasteiger charge is 2.34. The first-order chi connectivity index (χ1) is 16.0. The zero-order chi connectivity index (χ0) is 23.4. The van der Waals surface area contributed by atoms with Gasteiger partial charge in [-0.25, -0.2) is 0 Å². The van der Waals surface area contributed by atoms with E-state index in [2.05, 4.69) is 18.8 Å². The number of benzene rings is 2. The molecule has 2 atom stereocenters. The fourth-order valence-corrected chi connectivity index (χ4v) is 4.44. The van der Waals surface area contributed by atoms with Crippen molar-refractivity contribution in [3.05, 3.63) is 78.5 Å². The van der Waals surface area contributed by atoms with Crippen molar-refractivity contribution >= 4 is 11.8 Å². The van der Waals surface area contributed by atoms with Gasteiger partial charge in [-0.3, -0.25) is 14.3 Å². The summed E-state index contributed by atoms with van der Waals surface area (Å²) in [5.41, 5.74) is 8.58. The molecule has 33 heavy (non-hydrogen) atoms. The van der Waals surface area contributed by atoms with Gasteiger partial charge < -0.3 is 15.8 Å². The standard InChI is InChI=1S/C26H28N4O3/c1-3-18-14-17(15-28-22(31)4-2)16-30-25(18)23(26(27)32)24(29-30)19-10-12-21(13-11-19)33-20-8-6-5-7-9-20/h4-13,17-18H,2-3,14-16H2,1H3,(H2,27,32)(H,28,31). The van der Waals surface area contributed by atoms with Crippen LogP contribution in [0, 0.1) is 5.92 Å². The molecule has 0 spiro atoms. The summed E-state index contributed by atoms with van der Waals surface area (Å²) in [6, 6.07) is 17.0. The fraction of sp³-hybridized carbons (Fsp3) is 0.269. The van der Waals surface area contributed by atoms with Crippen molar-refractivity contribution in [3.63, 3.8) is 0 Å². The highest BCUT2D eigenvalue weighted by molar-refractivity contribution is 6.00. The van der Waals surface area contributed by atoms with Gasteiger partial charge in [0.1, 0.15) is 17.2 Å². The molecule has 1 aliphatic rings. The van der Waals surface area contributed by atoms with Gasteiger partial charge in [0.05, 0.1) is 11.3 Å². The molecule has 4 rings (SSSR count). The third-order valence-corrected chi connectivity index (χ3v) is 6.02. The quantitative estimate of drug-likeness (QED) is 0.507. The first-order valence-electron chi connectivity index (χ1n) is 11.1. The Morgan fingerprint density at radius 1 is 1.18 bits per heavy atom. The molecular weight excluding hydrogens is 416 g/mol. The minimum absolute atomic E-state index is 0.133. The van der Waals surface area contributed by atoms with E-state index in [4.69, 9.17) is 15.6 Å². The maximum absolute atomic E-state index is 12.5. The predicted octanol–water partition coefficient (Wildman–Crippen LogP) is 4.26. The third-order valence-electron chi connectivity index (χ3n) is 6.02. The number of hydrogen-bond acceptors (Lipinski definition) is 4. The monoisotopic (exact) mass is 444 g/mol. The Labute approximate surface area is 193 Å². The average molecular weight is 445 g/mol. The Balaban J connectivity index is 1.63. The predicted molar refractivity (Wildman–Crippen MR) is 127 cm³/mol. The number of hydrogen-bond donors (Lipinski definition) is 2. The van der Waals surface area contributed by atoms with Gasteiger partial charge in [0, 0.05) is 24.6 Å². The molecule has 1 aliphatic heterocycles. The Morgan fingerprint density at radius 3 is 2.52 bits per heavy atom. The summed E-state index contributed by atoms with van der Waals surface area (Å²) < 4.78 is 7.77. The lowest BCUT2D eigenvalue weighted by molar-refractivity contribution is -0.116. The van der Waals surface area contributed by atoms with Crippen LogP contribution in [0.4, 0.5) is 0 Å². The van der Waals surface area contributed by atoms with Crippen molar-refractivity contribution in [2.75, 3.05) is 6.54 Å².